The molecule has 0 unspecified atom stereocenters. The molecule has 250 valence electrons. The maximum atomic E-state index is 2.46. The minimum absolute atomic E-state index is 1.22. The van der Waals surface area contributed by atoms with E-state index >= 15 is 0 Å². The van der Waals surface area contributed by atoms with Gasteiger partial charge in [-0.2, -0.15) is 0 Å². The Morgan fingerprint density at radius 2 is 0.630 bits per heavy atom. The van der Waals surface area contributed by atoms with Crippen molar-refractivity contribution < 1.29 is 0 Å². The van der Waals surface area contributed by atoms with Gasteiger partial charge in [0, 0.05) is 0 Å². The fourth-order valence-corrected chi connectivity index (χ4v) is 8.98. The highest BCUT2D eigenvalue weighted by atomic mass is 14.2. The second-order valence-corrected chi connectivity index (χ2v) is 14.4. The van der Waals surface area contributed by atoms with Gasteiger partial charge in [0.1, 0.15) is 0 Å². The highest BCUT2D eigenvalue weighted by Crippen LogP contribution is 2.48. The summed E-state index contributed by atoms with van der Waals surface area (Å²) in [7, 11) is 0. The smallest absolute Gasteiger partial charge is 0.00197 e. The van der Waals surface area contributed by atoms with E-state index < -0.39 is 0 Å². The first kappa shape index (κ1) is 30.6. The predicted octanol–water partition coefficient (Wildman–Crippen LogP) is 15.3. The number of benzene rings is 11. The normalized spacial score (nSPS) is 11.7. The molecule has 54 heavy (non-hydrogen) atoms. The molecule has 0 nitrogen and oxygen atoms in total. The molecule has 0 amide bonds. The van der Waals surface area contributed by atoms with Crippen LogP contribution in [0.3, 0.4) is 0 Å². The van der Waals surface area contributed by atoms with E-state index in [-0.39, 0.29) is 0 Å². The first-order valence-electron chi connectivity index (χ1n) is 18.8. The van der Waals surface area contributed by atoms with Crippen LogP contribution in [0.2, 0.25) is 0 Å². The Kier molecular flexibility index (Phi) is 6.97. The monoisotopic (exact) mass is 682 g/mol. The van der Waals surface area contributed by atoms with Crippen LogP contribution in [-0.2, 0) is 0 Å². The summed E-state index contributed by atoms with van der Waals surface area (Å²) in [6.45, 7) is 0. The Bertz CT molecular complexity index is 3250. The van der Waals surface area contributed by atoms with Crippen molar-refractivity contribution in [1.29, 1.82) is 0 Å². The van der Waals surface area contributed by atoms with Crippen molar-refractivity contribution >= 4 is 64.6 Å². The summed E-state index contributed by atoms with van der Waals surface area (Å²) in [5.41, 5.74) is 9.97. The van der Waals surface area contributed by atoms with E-state index in [2.05, 4.69) is 206 Å². The van der Waals surface area contributed by atoms with Crippen molar-refractivity contribution in [1.82, 2.24) is 0 Å². The van der Waals surface area contributed by atoms with Crippen LogP contribution in [-0.4, -0.2) is 0 Å². The van der Waals surface area contributed by atoms with Gasteiger partial charge in [0.25, 0.3) is 0 Å². The molecule has 11 aromatic carbocycles. The molecule has 0 heteroatoms. The average molecular weight is 683 g/mol. The van der Waals surface area contributed by atoms with Crippen LogP contribution in [0.15, 0.2) is 206 Å². The molecule has 0 saturated carbocycles. The molecular formula is C54H34. The number of hydrogen-bond donors (Lipinski definition) is 0. The molecular weight excluding hydrogens is 649 g/mol. The molecule has 0 aromatic heterocycles. The third-order valence-corrected chi connectivity index (χ3v) is 11.4. The van der Waals surface area contributed by atoms with Crippen LogP contribution in [0.4, 0.5) is 0 Å². The summed E-state index contributed by atoms with van der Waals surface area (Å²) in [6.07, 6.45) is 0. The fourth-order valence-electron chi connectivity index (χ4n) is 8.98. The summed E-state index contributed by atoms with van der Waals surface area (Å²) < 4.78 is 0. The second kappa shape index (κ2) is 12.3. The molecule has 0 fully saturated rings. The SMILES string of the molecule is c1ccc2c(-c3ccc(-c4c5ccccc5c(-c5cc6ccccc6c6ccccc56)c5cc(-c6cccc7ccccc67)ccc45)cc3)cccc2c1. The maximum Gasteiger partial charge on any atom is -0.00197 e. The number of rotatable bonds is 4. The van der Waals surface area contributed by atoms with Crippen molar-refractivity contribution in [2.75, 3.05) is 0 Å². The van der Waals surface area contributed by atoms with Crippen molar-refractivity contribution in [3.63, 3.8) is 0 Å². The van der Waals surface area contributed by atoms with Gasteiger partial charge in [-0.25, -0.2) is 0 Å². The van der Waals surface area contributed by atoms with E-state index in [1.54, 1.807) is 0 Å². The molecule has 0 atom stereocenters. The molecule has 0 aliphatic rings. The van der Waals surface area contributed by atoms with E-state index in [0.29, 0.717) is 0 Å². The van der Waals surface area contributed by atoms with Crippen molar-refractivity contribution in [3.05, 3.63) is 206 Å². The van der Waals surface area contributed by atoms with Crippen LogP contribution in [0.1, 0.15) is 0 Å². The lowest BCUT2D eigenvalue weighted by Crippen LogP contribution is -1.93. The highest BCUT2D eigenvalue weighted by molar-refractivity contribution is 6.26. The van der Waals surface area contributed by atoms with E-state index in [1.165, 1.54) is 109 Å². The molecule has 0 heterocycles. The van der Waals surface area contributed by atoms with Crippen LogP contribution < -0.4 is 0 Å². The van der Waals surface area contributed by atoms with Gasteiger partial charge in [-0.3, -0.25) is 0 Å². The summed E-state index contributed by atoms with van der Waals surface area (Å²) in [6, 6.07) is 76.2. The largest absolute Gasteiger partial charge is 0.0616 e. The third-order valence-electron chi connectivity index (χ3n) is 11.4. The maximum absolute atomic E-state index is 2.46. The summed E-state index contributed by atoms with van der Waals surface area (Å²) in [5, 5.41) is 15.2. The molecule has 0 radical (unpaired) electrons. The molecule has 11 aromatic rings. The molecule has 0 bridgehead atoms. The predicted molar refractivity (Wildman–Crippen MR) is 233 cm³/mol. The molecule has 11 rings (SSSR count). The lowest BCUT2D eigenvalue weighted by molar-refractivity contribution is 1.63. The first-order valence-corrected chi connectivity index (χ1v) is 18.8. The number of hydrogen-bond acceptors (Lipinski definition) is 0. The van der Waals surface area contributed by atoms with Gasteiger partial charge in [-0.15, -0.1) is 0 Å². The topological polar surface area (TPSA) is 0 Å². The molecule has 0 spiro atoms. The summed E-state index contributed by atoms with van der Waals surface area (Å²) in [4.78, 5) is 0. The standard InChI is InChI=1S/C54H34/c1-4-18-41-35(13-1)16-11-25-43(41)37-27-29-38(30-28-37)53-48-23-9-10-24-49(48)54(51-33-39-15-3-6-20-45(39)46-21-7-8-22-47(46)51)52-34-40(31-32-50(52)53)44-26-12-17-36-14-2-5-19-42(36)44/h1-34H. The van der Waals surface area contributed by atoms with E-state index in [1.807, 2.05) is 0 Å². The lowest BCUT2D eigenvalue weighted by Gasteiger charge is -2.21. The second-order valence-electron chi connectivity index (χ2n) is 14.4. The third kappa shape index (κ3) is 4.78. The average Bonchev–Trinajstić information content (AvgIpc) is 3.25. The number of fused-ring (bicyclic) bond motifs is 7. The molecule has 0 saturated heterocycles. The zero-order chi connectivity index (χ0) is 35.6. The fraction of sp³-hybridized carbons (Fsp3) is 0. The summed E-state index contributed by atoms with van der Waals surface area (Å²) >= 11 is 0. The van der Waals surface area contributed by atoms with Crippen molar-refractivity contribution in [2.45, 2.75) is 0 Å². The lowest BCUT2D eigenvalue weighted by atomic mass is 9.82. The Balaban J connectivity index is 1.23. The summed E-state index contributed by atoms with van der Waals surface area (Å²) in [5.74, 6) is 0. The van der Waals surface area contributed by atoms with Crippen LogP contribution >= 0.6 is 0 Å². The zero-order valence-corrected chi connectivity index (χ0v) is 29.6. The van der Waals surface area contributed by atoms with E-state index in [4.69, 9.17) is 0 Å². The Hall–Kier alpha value is -7.02. The molecule has 0 aliphatic carbocycles. The van der Waals surface area contributed by atoms with Gasteiger partial charge >= 0.3 is 0 Å². The molecule has 0 N–H and O–H groups in total. The Morgan fingerprint density at radius 3 is 1.30 bits per heavy atom. The van der Waals surface area contributed by atoms with Crippen LogP contribution in [0.5, 0.6) is 0 Å². The Labute approximate surface area is 314 Å². The van der Waals surface area contributed by atoms with Crippen LogP contribution in [0.25, 0.3) is 109 Å². The van der Waals surface area contributed by atoms with Crippen molar-refractivity contribution in [3.8, 4) is 44.5 Å². The van der Waals surface area contributed by atoms with Crippen LogP contribution in [0, 0.1) is 0 Å². The minimum Gasteiger partial charge on any atom is -0.0616 e. The van der Waals surface area contributed by atoms with Gasteiger partial charge in [0.15, 0.2) is 0 Å². The minimum atomic E-state index is 1.22. The van der Waals surface area contributed by atoms with E-state index in [9.17, 15) is 0 Å². The Morgan fingerprint density at radius 1 is 0.185 bits per heavy atom. The quantitative estimate of drug-likeness (QED) is 0.128. The van der Waals surface area contributed by atoms with E-state index in [0.717, 1.165) is 0 Å². The van der Waals surface area contributed by atoms with Gasteiger partial charge in [-0.05, 0) is 121 Å². The molecule has 0 aliphatic heterocycles. The van der Waals surface area contributed by atoms with Crippen molar-refractivity contribution in [2.24, 2.45) is 0 Å². The van der Waals surface area contributed by atoms with Gasteiger partial charge in [0.2, 0.25) is 0 Å². The zero-order valence-electron chi connectivity index (χ0n) is 29.6. The van der Waals surface area contributed by atoms with Gasteiger partial charge < -0.3 is 0 Å². The van der Waals surface area contributed by atoms with Gasteiger partial charge in [-0.1, -0.05) is 194 Å². The first-order chi connectivity index (χ1) is 26.8. The van der Waals surface area contributed by atoms with Gasteiger partial charge in [0.05, 0.1) is 0 Å². The highest BCUT2D eigenvalue weighted by Gasteiger charge is 2.20.